The molecule has 142 valence electrons. The van der Waals surface area contributed by atoms with Gasteiger partial charge in [0.2, 0.25) is 0 Å². The summed E-state index contributed by atoms with van der Waals surface area (Å²) in [5.41, 5.74) is 1.17. The zero-order chi connectivity index (χ0) is 19.4. The lowest BCUT2D eigenvalue weighted by Crippen LogP contribution is -2.41. The first-order valence-electron chi connectivity index (χ1n) is 8.81. The van der Waals surface area contributed by atoms with Gasteiger partial charge in [0.05, 0.1) is 5.02 Å². The number of benzene rings is 2. The lowest BCUT2D eigenvalue weighted by atomic mass is 9.97. The fraction of sp³-hybridized carbons (Fsp3) is 0.286. The van der Waals surface area contributed by atoms with Crippen molar-refractivity contribution in [3.8, 4) is 0 Å². The first-order valence-corrected chi connectivity index (χ1v) is 10.8. The minimum atomic E-state index is -0.0876. The van der Waals surface area contributed by atoms with Crippen molar-refractivity contribution in [1.29, 1.82) is 0 Å². The summed E-state index contributed by atoms with van der Waals surface area (Å²) in [5, 5.41) is 9.96. The van der Waals surface area contributed by atoms with Crippen LogP contribution in [0.4, 0.5) is 0 Å². The molecule has 0 bridgehead atoms. The summed E-state index contributed by atoms with van der Waals surface area (Å²) < 4.78 is 1.01. The number of halogens is 2. The Morgan fingerprint density at radius 3 is 2.78 bits per heavy atom. The Hall–Kier alpha value is -1.27. The molecule has 2 aromatic rings. The van der Waals surface area contributed by atoms with Gasteiger partial charge in [0.1, 0.15) is 0 Å². The van der Waals surface area contributed by atoms with Crippen molar-refractivity contribution in [2.75, 3.05) is 19.7 Å². The number of carbonyl (C=O) groups is 1. The van der Waals surface area contributed by atoms with Gasteiger partial charge in [-0.15, -0.1) is 0 Å². The van der Waals surface area contributed by atoms with Crippen molar-refractivity contribution in [2.24, 2.45) is 5.92 Å². The molecule has 3 nitrogen and oxygen atoms in total. The Kier molecular flexibility index (Phi) is 7.04. The second kappa shape index (κ2) is 9.28. The van der Waals surface area contributed by atoms with E-state index in [-0.39, 0.29) is 18.4 Å². The van der Waals surface area contributed by atoms with E-state index in [9.17, 15) is 9.90 Å². The van der Waals surface area contributed by atoms with Gasteiger partial charge in [0.15, 0.2) is 0 Å². The summed E-state index contributed by atoms with van der Waals surface area (Å²) in [6.45, 7) is 5.40. The standard InChI is InChI=1S/C21H21BrClNO2S/c1-14(21(26)24-10-4-5-15(12-24)13-25)16-8-9-20(18(23)11-16)27-19-7-3-2-6-17(19)22/h2-3,6-9,11,15,25H,1,4-5,10,12-13H2. The van der Waals surface area contributed by atoms with E-state index in [4.69, 9.17) is 11.6 Å². The smallest absolute Gasteiger partial charge is 0.253 e. The summed E-state index contributed by atoms with van der Waals surface area (Å²) in [6, 6.07) is 13.6. The molecule has 1 amide bonds. The molecule has 1 atom stereocenters. The van der Waals surface area contributed by atoms with Gasteiger partial charge < -0.3 is 10.0 Å². The Morgan fingerprint density at radius 1 is 1.30 bits per heavy atom. The second-order valence-corrected chi connectivity index (χ2v) is 8.94. The molecule has 1 saturated heterocycles. The van der Waals surface area contributed by atoms with Gasteiger partial charge in [-0.1, -0.05) is 48.1 Å². The molecule has 0 saturated carbocycles. The maximum Gasteiger partial charge on any atom is 0.253 e. The molecular weight excluding hydrogens is 446 g/mol. The van der Waals surface area contributed by atoms with E-state index in [0.717, 1.165) is 32.7 Å². The van der Waals surface area contributed by atoms with Gasteiger partial charge >= 0.3 is 0 Å². The van der Waals surface area contributed by atoms with Crippen LogP contribution in [-0.4, -0.2) is 35.6 Å². The summed E-state index contributed by atoms with van der Waals surface area (Å²) in [5.74, 6) is 0.0672. The average Bonchev–Trinajstić information content (AvgIpc) is 2.70. The predicted molar refractivity (Wildman–Crippen MR) is 115 cm³/mol. The average molecular weight is 467 g/mol. The van der Waals surface area contributed by atoms with E-state index in [0.29, 0.717) is 23.7 Å². The number of carbonyl (C=O) groups excluding carboxylic acids is 1. The minimum absolute atomic E-state index is 0.0876. The van der Waals surface area contributed by atoms with Crippen LogP contribution in [0.1, 0.15) is 18.4 Å². The SMILES string of the molecule is C=C(C(=O)N1CCCC(CO)C1)c1ccc(Sc2ccccc2Br)c(Cl)c1. The van der Waals surface area contributed by atoms with Crippen LogP contribution >= 0.6 is 39.3 Å². The Bertz CT molecular complexity index is 858. The lowest BCUT2D eigenvalue weighted by Gasteiger charge is -2.32. The molecule has 1 aliphatic rings. The van der Waals surface area contributed by atoms with Crippen LogP contribution in [0, 0.1) is 5.92 Å². The van der Waals surface area contributed by atoms with Crippen LogP contribution in [0.15, 0.2) is 63.3 Å². The molecule has 0 aromatic heterocycles. The van der Waals surface area contributed by atoms with Crippen LogP contribution in [0.5, 0.6) is 0 Å². The molecule has 27 heavy (non-hydrogen) atoms. The number of nitrogens with zero attached hydrogens (tertiary/aromatic N) is 1. The number of hydrogen-bond donors (Lipinski definition) is 1. The van der Waals surface area contributed by atoms with E-state index in [2.05, 4.69) is 22.5 Å². The first-order chi connectivity index (χ1) is 13.0. The molecule has 3 rings (SSSR count). The third-order valence-corrected chi connectivity index (χ3v) is 7.19. The van der Waals surface area contributed by atoms with Crippen molar-refractivity contribution < 1.29 is 9.90 Å². The minimum Gasteiger partial charge on any atom is -0.396 e. The molecule has 2 aromatic carbocycles. The molecule has 1 unspecified atom stereocenters. The van der Waals surface area contributed by atoms with E-state index in [1.165, 1.54) is 0 Å². The number of aliphatic hydroxyl groups excluding tert-OH is 1. The Morgan fingerprint density at radius 2 is 2.07 bits per heavy atom. The van der Waals surface area contributed by atoms with Gasteiger partial charge in [0, 0.05) is 39.5 Å². The number of piperidine rings is 1. The highest BCUT2D eigenvalue weighted by atomic mass is 79.9. The van der Waals surface area contributed by atoms with Crippen molar-refractivity contribution >= 4 is 50.8 Å². The molecule has 0 spiro atoms. The van der Waals surface area contributed by atoms with Crippen molar-refractivity contribution in [3.63, 3.8) is 0 Å². The van der Waals surface area contributed by atoms with E-state index < -0.39 is 0 Å². The number of amides is 1. The molecule has 1 heterocycles. The highest BCUT2D eigenvalue weighted by Gasteiger charge is 2.25. The summed E-state index contributed by atoms with van der Waals surface area (Å²) in [6.07, 6.45) is 1.87. The number of rotatable bonds is 5. The molecule has 1 fully saturated rings. The van der Waals surface area contributed by atoms with Gasteiger partial charge in [-0.05, 0) is 64.5 Å². The number of hydrogen-bond acceptors (Lipinski definition) is 3. The molecule has 0 aliphatic carbocycles. The van der Waals surface area contributed by atoms with Crippen LogP contribution < -0.4 is 0 Å². The molecule has 0 radical (unpaired) electrons. The normalized spacial score (nSPS) is 17.0. The van der Waals surface area contributed by atoms with Crippen LogP contribution in [0.25, 0.3) is 5.57 Å². The van der Waals surface area contributed by atoms with Crippen molar-refractivity contribution in [3.05, 3.63) is 64.1 Å². The third-order valence-electron chi connectivity index (χ3n) is 4.66. The largest absolute Gasteiger partial charge is 0.396 e. The van der Waals surface area contributed by atoms with Crippen molar-refractivity contribution in [1.82, 2.24) is 4.90 Å². The van der Waals surface area contributed by atoms with Gasteiger partial charge in [0.25, 0.3) is 5.91 Å². The second-order valence-electron chi connectivity index (χ2n) is 6.60. The lowest BCUT2D eigenvalue weighted by molar-refractivity contribution is -0.127. The zero-order valence-corrected chi connectivity index (χ0v) is 18.0. The number of aliphatic hydroxyl groups is 1. The fourth-order valence-corrected chi connectivity index (χ4v) is 4.80. The first kappa shape index (κ1) is 20.5. The molecule has 1 aliphatic heterocycles. The maximum absolute atomic E-state index is 12.8. The van der Waals surface area contributed by atoms with E-state index in [1.807, 2.05) is 36.4 Å². The summed E-state index contributed by atoms with van der Waals surface area (Å²) in [7, 11) is 0. The van der Waals surface area contributed by atoms with Crippen molar-refractivity contribution in [2.45, 2.75) is 22.6 Å². The molecular formula is C21H21BrClNO2S. The number of likely N-dealkylation sites (tertiary alicyclic amines) is 1. The van der Waals surface area contributed by atoms with E-state index in [1.54, 1.807) is 22.7 Å². The Labute approximate surface area is 177 Å². The van der Waals surface area contributed by atoms with Crippen LogP contribution in [0.3, 0.4) is 0 Å². The Balaban J connectivity index is 1.73. The fourth-order valence-electron chi connectivity index (χ4n) is 3.13. The van der Waals surface area contributed by atoms with Crippen LogP contribution in [0.2, 0.25) is 5.02 Å². The van der Waals surface area contributed by atoms with Gasteiger partial charge in [-0.3, -0.25) is 4.79 Å². The maximum atomic E-state index is 12.8. The predicted octanol–water partition coefficient (Wildman–Crippen LogP) is 5.50. The highest BCUT2D eigenvalue weighted by molar-refractivity contribution is 9.10. The zero-order valence-electron chi connectivity index (χ0n) is 14.8. The summed E-state index contributed by atoms with van der Waals surface area (Å²) >= 11 is 11.6. The molecule has 6 heteroatoms. The molecule has 1 N–H and O–H groups in total. The topological polar surface area (TPSA) is 40.5 Å². The quantitative estimate of drug-likeness (QED) is 0.592. The van der Waals surface area contributed by atoms with Crippen LogP contribution in [-0.2, 0) is 4.79 Å². The van der Waals surface area contributed by atoms with Gasteiger partial charge in [-0.2, -0.15) is 0 Å². The van der Waals surface area contributed by atoms with Gasteiger partial charge in [-0.25, -0.2) is 0 Å². The summed E-state index contributed by atoms with van der Waals surface area (Å²) in [4.78, 5) is 16.6. The highest BCUT2D eigenvalue weighted by Crippen LogP contribution is 2.38. The van der Waals surface area contributed by atoms with E-state index >= 15 is 0 Å². The third kappa shape index (κ3) is 4.96. The monoisotopic (exact) mass is 465 g/mol.